The Bertz CT molecular complexity index is 788. The first-order valence-corrected chi connectivity index (χ1v) is 10.7. The molecule has 0 bridgehead atoms. The standard InChI is InChI=1S/C22H30N4O2S.HI/c1-4-23-22(24-13-14-29-20-11-6-5-7-12-20)25-16-18-9-8-10-19(15-18)28-17-21(27)26(2)3;/h5-12,15H,4,13-14,16-17H2,1-3H3,(H2,23,24,25);1H. The lowest BCUT2D eigenvalue weighted by molar-refractivity contribution is -0.130. The Labute approximate surface area is 200 Å². The van der Waals surface area contributed by atoms with E-state index in [0.29, 0.717) is 12.3 Å². The van der Waals surface area contributed by atoms with Crippen molar-refractivity contribution >= 4 is 47.6 Å². The third-order valence-electron chi connectivity index (χ3n) is 3.93. The molecule has 0 unspecified atom stereocenters. The number of guanidine groups is 1. The van der Waals surface area contributed by atoms with Gasteiger partial charge in [-0.1, -0.05) is 30.3 Å². The van der Waals surface area contributed by atoms with Gasteiger partial charge in [-0.3, -0.25) is 4.79 Å². The zero-order chi connectivity index (χ0) is 20.9. The Morgan fingerprint density at radius 3 is 2.57 bits per heavy atom. The van der Waals surface area contributed by atoms with Crippen LogP contribution >= 0.6 is 35.7 Å². The van der Waals surface area contributed by atoms with Crippen molar-refractivity contribution in [1.29, 1.82) is 0 Å². The van der Waals surface area contributed by atoms with E-state index >= 15 is 0 Å². The highest BCUT2D eigenvalue weighted by Crippen LogP contribution is 2.16. The van der Waals surface area contributed by atoms with Crippen molar-refractivity contribution in [3.05, 3.63) is 60.2 Å². The molecule has 0 radical (unpaired) electrons. The number of nitrogens with zero attached hydrogens (tertiary/aromatic N) is 2. The minimum atomic E-state index is -0.0690. The number of rotatable bonds is 10. The van der Waals surface area contributed by atoms with E-state index in [1.54, 1.807) is 14.1 Å². The summed E-state index contributed by atoms with van der Waals surface area (Å²) < 4.78 is 5.57. The predicted molar refractivity (Wildman–Crippen MR) is 136 cm³/mol. The summed E-state index contributed by atoms with van der Waals surface area (Å²) in [5.41, 5.74) is 1.02. The number of halogens is 1. The number of nitrogens with one attached hydrogen (secondary N) is 2. The molecule has 2 rings (SSSR count). The number of benzene rings is 2. The molecule has 0 aliphatic heterocycles. The van der Waals surface area contributed by atoms with Gasteiger partial charge >= 0.3 is 0 Å². The van der Waals surface area contributed by atoms with Crippen LogP contribution in [0.4, 0.5) is 0 Å². The summed E-state index contributed by atoms with van der Waals surface area (Å²) in [4.78, 5) is 19.1. The van der Waals surface area contributed by atoms with Crippen LogP contribution in [0.15, 0.2) is 64.5 Å². The summed E-state index contributed by atoms with van der Waals surface area (Å²) >= 11 is 1.81. The van der Waals surface area contributed by atoms with E-state index in [4.69, 9.17) is 4.74 Å². The van der Waals surface area contributed by atoms with Gasteiger partial charge in [0.15, 0.2) is 12.6 Å². The van der Waals surface area contributed by atoms with E-state index in [0.717, 1.165) is 30.4 Å². The molecule has 1 amide bonds. The lowest BCUT2D eigenvalue weighted by Crippen LogP contribution is -2.38. The Morgan fingerprint density at radius 2 is 1.87 bits per heavy atom. The van der Waals surface area contributed by atoms with Crippen LogP contribution in [0.5, 0.6) is 5.75 Å². The van der Waals surface area contributed by atoms with Gasteiger partial charge in [-0.15, -0.1) is 35.7 Å². The van der Waals surface area contributed by atoms with E-state index in [9.17, 15) is 4.79 Å². The van der Waals surface area contributed by atoms with Crippen LogP contribution in [0.2, 0.25) is 0 Å². The molecule has 0 aliphatic carbocycles. The summed E-state index contributed by atoms with van der Waals surface area (Å²) in [6, 6.07) is 18.0. The number of carbonyl (C=O) groups is 1. The average Bonchev–Trinajstić information content (AvgIpc) is 2.74. The van der Waals surface area contributed by atoms with Gasteiger partial charge < -0.3 is 20.3 Å². The highest BCUT2D eigenvalue weighted by molar-refractivity contribution is 14.0. The predicted octanol–water partition coefficient (Wildman–Crippen LogP) is 3.62. The third-order valence-corrected chi connectivity index (χ3v) is 4.94. The first kappa shape index (κ1) is 26.1. The first-order chi connectivity index (χ1) is 14.1. The summed E-state index contributed by atoms with van der Waals surface area (Å²) in [6.45, 7) is 4.23. The minimum absolute atomic E-state index is 0. The highest BCUT2D eigenvalue weighted by atomic mass is 127. The Kier molecular flexibility index (Phi) is 13.0. The zero-order valence-corrected chi connectivity index (χ0v) is 20.9. The summed E-state index contributed by atoms with van der Waals surface area (Å²) in [5, 5.41) is 6.63. The molecule has 30 heavy (non-hydrogen) atoms. The number of ether oxygens (including phenoxy) is 1. The molecule has 0 saturated carbocycles. The van der Waals surface area contributed by atoms with Crippen LogP contribution in [0, 0.1) is 0 Å². The Hall–Kier alpha value is -1.94. The molecule has 0 aliphatic rings. The van der Waals surface area contributed by atoms with Crippen molar-refractivity contribution in [1.82, 2.24) is 15.5 Å². The van der Waals surface area contributed by atoms with E-state index in [1.165, 1.54) is 9.80 Å². The van der Waals surface area contributed by atoms with Gasteiger partial charge in [0.1, 0.15) is 5.75 Å². The second-order valence-electron chi connectivity index (χ2n) is 6.51. The molecular weight excluding hydrogens is 511 g/mol. The molecule has 0 spiro atoms. The van der Waals surface area contributed by atoms with Crippen molar-refractivity contribution in [3.8, 4) is 5.75 Å². The second-order valence-corrected chi connectivity index (χ2v) is 7.68. The van der Waals surface area contributed by atoms with Crippen molar-refractivity contribution in [2.45, 2.75) is 18.4 Å². The summed E-state index contributed by atoms with van der Waals surface area (Å²) in [6.07, 6.45) is 0. The molecular formula is C22H31IN4O2S. The van der Waals surface area contributed by atoms with Crippen molar-refractivity contribution in [3.63, 3.8) is 0 Å². The average molecular weight is 542 g/mol. The van der Waals surface area contributed by atoms with Gasteiger partial charge in [0.2, 0.25) is 0 Å². The first-order valence-electron chi connectivity index (χ1n) is 9.70. The fraction of sp³-hybridized carbons (Fsp3) is 0.364. The monoisotopic (exact) mass is 542 g/mol. The highest BCUT2D eigenvalue weighted by Gasteiger charge is 2.05. The van der Waals surface area contributed by atoms with E-state index in [1.807, 2.05) is 49.0 Å². The fourth-order valence-corrected chi connectivity index (χ4v) is 3.16. The third kappa shape index (κ3) is 10.2. The number of aliphatic imine (C=N–C) groups is 1. The van der Waals surface area contributed by atoms with Gasteiger partial charge in [0, 0.05) is 37.8 Å². The van der Waals surface area contributed by atoms with E-state index < -0.39 is 0 Å². The van der Waals surface area contributed by atoms with Gasteiger partial charge in [-0.2, -0.15) is 0 Å². The minimum Gasteiger partial charge on any atom is -0.484 e. The smallest absolute Gasteiger partial charge is 0.259 e. The normalized spacial score (nSPS) is 10.7. The molecule has 6 nitrogen and oxygen atoms in total. The quantitative estimate of drug-likeness (QED) is 0.158. The molecule has 2 aromatic rings. The van der Waals surface area contributed by atoms with Crippen molar-refractivity contribution in [2.75, 3.05) is 39.5 Å². The number of likely N-dealkylation sites (N-methyl/N-ethyl adjacent to an activating group) is 1. The van der Waals surface area contributed by atoms with Crippen LogP contribution < -0.4 is 15.4 Å². The summed E-state index contributed by atoms with van der Waals surface area (Å²) in [7, 11) is 3.43. The van der Waals surface area contributed by atoms with Crippen molar-refractivity contribution < 1.29 is 9.53 Å². The van der Waals surface area contributed by atoms with Crippen molar-refractivity contribution in [2.24, 2.45) is 4.99 Å². The number of amides is 1. The molecule has 0 saturated heterocycles. The largest absolute Gasteiger partial charge is 0.484 e. The van der Waals surface area contributed by atoms with Gasteiger partial charge in [-0.25, -0.2) is 4.99 Å². The Morgan fingerprint density at radius 1 is 1.10 bits per heavy atom. The molecule has 164 valence electrons. The maximum Gasteiger partial charge on any atom is 0.259 e. The molecule has 0 heterocycles. The maximum absolute atomic E-state index is 11.7. The molecule has 2 aromatic carbocycles. The van der Waals surface area contributed by atoms with Crippen LogP contribution in [0.1, 0.15) is 12.5 Å². The second kappa shape index (κ2) is 15.0. The molecule has 0 fully saturated rings. The number of hydrogen-bond donors (Lipinski definition) is 2. The van der Waals surface area contributed by atoms with Crippen LogP contribution in [-0.2, 0) is 11.3 Å². The topological polar surface area (TPSA) is 66.0 Å². The number of carbonyl (C=O) groups excluding carboxylic acids is 1. The molecule has 8 heteroatoms. The van der Waals surface area contributed by atoms with Gasteiger partial charge in [0.05, 0.1) is 6.54 Å². The lowest BCUT2D eigenvalue weighted by atomic mass is 10.2. The Balaban J connectivity index is 0.00000450. The van der Waals surface area contributed by atoms with E-state index in [2.05, 4.69) is 39.9 Å². The van der Waals surface area contributed by atoms with Crippen LogP contribution in [-0.4, -0.2) is 56.3 Å². The maximum atomic E-state index is 11.7. The lowest BCUT2D eigenvalue weighted by Gasteiger charge is -2.12. The molecule has 2 N–H and O–H groups in total. The molecule has 0 atom stereocenters. The molecule has 0 aromatic heterocycles. The zero-order valence-electron chi connectivity index (χ0n) is 17.8. The summed E-state index contributed by atoms with van der Waals surface area (Å²) in [5.74, 6) is 2.35. The number of hydrogen-bond acceptors (Lipinski definition) is 4. The fourth-order valence-electron chi connectivity index (χ4n) is 2.37. The van der Waals surface area contributed by atoms with Crippen LogP contribution in [0.3, 0.4) is 0 Å². The van der Waals surface area contributed by atoms with Gasteiger partial charge in [-0.05, 0) is 36.8 Å². The SMILES string of the molecule is CCNC(=NCc1cccc(OCC(=O)N(C)C)c1)NCCSc1ccccc1.I. The van der Waals surface area contributed by atoms with Crippen LogP contribution in [0.25, 0.3) is 0 Å². The number of thioether (sulfide) groups is 1. The van der Waals surface area contributed by atoms with E-state index in [-0.39, 0.29) is 36.5 Å². The van der Waals surface area contributed by atoms with Gasteiger partial charge in [0.25, 0.3) is 5.91 Å².